The highest BCUT2D eigenvalue weighted by Crippen LogP contribution is 2.39. The van der Waals surface area contributed by atoms with E-state index in [4.69, 9.17) is 28.8 Å². The first-order valence-electron chi connectivity index (χ1n) is 27.6. The lowest BCUT2D eigenvalue weighted by molar-refractivity contribution is 1.18. The third-order valence-corrected chi connectivity index (χ3v) is 8.30. The van der Waals surface area contributed by atoms with Crippen LogP contribution < -0.4 is 0 Å². The lowest BCUT2D eigenvalue weighted by Crippen LogP contribution is -1.94. The highest BCUT2D eigenvalue weighted by molar-refractivity contribution is 6.12. The topological polar surface area (TPSA) is 9.86 Å². The minimum Gasteiger partial charge on any atom is -0.309 e. The van der Waals surface area contributed by atoms with Gasteiger partial charge in [-0.05, 0) is 93.9 Å². The summed E-state index contributed by atoms with van der Waals surface area (Å²) in [5.74, 6) is 0. The number of nitrogens with zero attached hydrogens (tertiary/aromatic N) is 2. The molecule has 0 spiro atoms. The Morgan fingerprint density at radius 1 is 0.320 bits per heavy atom. The summed E-state index contributed by atoms with van der Waals surface area (Å²) < 4.78 is 223. The highest BCUT2D eigenvalue weighted by Gasteiger charge is 2.16. The molecule has 2 nitrogen and oxygen atoms in total. The summed E-state index contributed by atoms with van der Waals surface area (Å²) in [6.45, 7) is 0. The molecule has 2 aromatic heterocycles. The summed E-state index contributed by atoms with van der Waals surface area (Å²) in [5, 5.41) is 0.227. The van der Waals surface area contributed by atoms with Crippen LogP contribution in [0.1, 0.15) is 34.3 Å². The van der Waals surface area contributed by atoms with Gasteiger partial charge in [-0.1, -0.05) is 133 Å². The lowest BCUT2D eigenvalue weighted by atomic mass is 10.0. The van der Waals surface area contributed by atoms with Crippen LogP contribution in [-0.4, -0.2) is 9.13 Å². The van der Waals surface area contributed by atoms with Gasteiger partial charge in [-0.2, -0.15) is 0 Å². The third kappa shape index (κ3) is 4.57. The average Bonchev–Trinajstić information content (AvgIpc) is 3.90. The molecule has 234 valence electrons. The van der Waals surface area contributed by atoms with E-state index in [1.54, 1.807) is 12.1 Å². The number of hydrogen-bond acceptors (Lipinski definition) is 0. The molecule has 0 atom stereocenters. The molecular formula is C48H32N2. The summed E-state index contributed by atoms with van der Waals surface area (Å²) in [4.78, 5) is 0. The number of fused-ring (bicyclic) bond motifs is 6. The molecule has 2 heteroatoms. The second-order valence-corrected chi connectivity index (χ2v) is 11.1. The van der Waals surface area contributed by atoms with Crippen LogP contribution in [0.2, 0.25) is 0 Å². The SMILES string of the molecule is [2H]c1c([2H])c([2H])c(-c2c([2H])c([2H])c([2H])c(-n3c4c([2H])cccc4c4cc(-c5cc([2H])c6c(c5)c5c([2H])c([2H])c([2H])c([2H])c5n6-c5c([2H])c([2H])c([2H])c(-c6c([2H])c([2H])c([2H])c([2H])c6[2H])c5[2H])cc([2H])c43)c2[2H])c([2H])c1[2H]. The van der Waals surface area contributed by atoms with E-state index in [-0.39, 0.29) is 66.8 Å². The Bertz CT molecular complexity index is 4250. The monoisotopic (exact) mass is 661 g/mol. The molecule has 0 radical (unpaired) electrons. The van der Waals surface area contributed by atoms with Crippen LogP contribution in [0.5, 0.6) is 0 Å². The zero-order chi connectivity index (χ0) is 54.8. The van der Waals surface area contributed by atoms with Crippen molar-refractivity contribution in [3.8, 4) is 44.8 Å². The third-order valence-electron chi connectivity index (χ3n) is 8.30. The normalized spacial score (nSPS) is 18.6. The van der Waals surface area contributed by atoms with E-state index >= 15 is 0 Å². The largest absolute Gasteiger partial charge is 0.309 e. The molecule has 0 amide bonds. The van der Waals surface area contributed by atoms with Gasteiger partial charge < -0.3 is 9.13 Å². The molecule has 0 aliphatic heterocycles. The van der Waals surface area contributed by atoms with Gasteiger partial charge in [0.15, 0.2) is 0 Å². The van der Waals surface area contributed by atoms with Gasteiger partial charge in [-0.3, -0.25) is 0 Å². The Morgan fingerprint density at radius 2 is 0.800 bits per heavy atom. The minimum atomic E-state index is -0.872. The van der Waals surface area contributed by atoms with Crippen LogP contribution in [0.3, 0.4) is 0 Å². The van der Waals surface area contributed by atoms with Crippen LogP contribution in [0.15, 0.2) is 194 Å². The summed E-state index contributed by atoms with van der Waals surface area (Å²) in [5.41, 5.74) is -3.70. The summed E-state index contributed by atoms with van der Waals surface area (Å²) in [7, 11) is 0. The molecule has 10 rings (SSSR count). The van der Waals surface area contributed by atoms with Crippen molar-refractivity contribution in [3.63, 3.8) is 0 Å². The molecule has 0 saturated carbocycles. The number of hydrogen-bond donors (Lipinski definition) is 0. The van der Waals surface area contributed by atoms with E-state index in [0.29, 0.717) is 0 Å². The van der Waals surface area contributed by atoms with Crippen molar-refractivity contribution in [2.24, 2.45) is 0 Å². The predicted molar refractivity (Wildman–Crippen MR) is 211 cm³/mol. The second kappa shape index (κ2) is 11.5. The molecule has 10 aromatic rings. The first-order valence-corrected chi connectivity index (χ1v) is 15.1. The number of rotatable bonds is 5. The molecule has 8 aromatic carbocycles. The fourth-order valence-electron chi connectivity index (χ4n) is 6.14. The number of benzene rings is 8. The molecular weight excluding hydrogens is 605 g/mol. The second-order valence-electron chi connectivity index (χ2n) is 11.1. The number of para-hydroxylation sites is 2. The van der Waals surface area contributed by atoms with Gasteiger partial charge >= 0.3 is 0 Å². The molecule has 0 N–H and O–H groups in total. The molecule has 0 aliphatic carbocycles. The smallest absolute Gasteiger partial charge is 0.0651 e. The molecule has 2 heterocycles. The zero-order valence-electron chi connectivity index (χ0n) is 50.4. The Morgan fingerprint density at radius 3 is 1.40 bits per heavy atom. The van der Waals surface area contributed by atoms with Crippen molar-refractivity contribution < 1.29 is 34.3 Å². The molecule has 0 saturated heterocycles. The van der Waals surface area contributed by atoms with E-state index in [9.17, 15) is 5.48 Å². The maximum absolute atomic E-state index is 9.58. The Hall–Kier alpha value is -6.64. The predicted octanol–water partition coefficient (Wildman–Crippen LogP) is 12.9. The summed E-state index contributed by atoms with van der Waals surface area (Å²) in [6.07, 6.45) is 0. The van der Waals surface area contributed by atoms with Gasteiger partial charge in [0.05, 0.1) is 56.3 Å². The van der Waals surface area contributed by atoms with E-state index in [2.05, 4.69) is 0 Å². The van der Waals surface area contributed by atoms with Crippen molar-refractivity contribution >= 4 is 43.6 Å². The van der Waals surface area contributed by atoms with Crippen LogP contribution in [0.25, 0.3) is 88.4 Å². The lowest BCUT2D eigenvalue weighted by Gasteiger charge is -2.11. The molecule has 0 bridgehead atoms. The standard InChI is InChI=1S/C48H32N2/c1-3-13-33(14-4-1)35-17-11-19-39(29-35)49-45-23-9-7-21-41(45)43-31-37(25-27-47(43)49)38-26-28-48-44(32-38)42-22-8-10-24-46(42)50(48)40-20-12-18-36(30-40)34-15-5-2-6-16-34/h1-32H/i1D,2D,3D,4D,5D,6D,7D,9D,11D,12D,13D,14D,15D,16D,17D,18D,19D,20D,21D,23D,24D,27D,28D,29D,30D. The fraction of sp³-hybridized carbons (Fsp3) is 0. The first-order chi connectivity index (χ1) is 35.2. The van der Waals surface area contributed by atoms with Crippen LogP contribution in [0, 0.1) is 0 Å². The van der Waals surface area contributed by atoms with Crippen molar-refractivity contribution in [1.29, 1.82) is 0 Å². The van der Waals surface area contributed by atoms with Gasteiger partial charge in [0.2, 0.25) is 0 Å². The van der Waals surface area contributed by atoms with Gasteiger partial charge in [0, 0.05) is 32.9 Å². The average molecular weight is 662 g/mol. The van der Waals surface area contributed by atoms with Crippen molar-refractivity contribution in [2.45, 2.75) is 0 Å². The molecule has 0 unspecified atom stereocenters. The highest BCUT2D eigenvalue weighted by atomic mass is 15.0. The Kier molecular flexibility index (Phi) is 2.99. The van der Waals surface area contributed by atoms with E-state index in [1.807, 2.05) is 0 Å². The van der Waals surface area contributed by atoms with Gasteiger partial charge in [0.1, 0.15) is 0 Å². The Labute approximate surface area is 325 Å². The minimum absolute atomic E-state index is 0.0211. The molecule has 0 fully saturated rings. The van der Waals surface area contributed by atoms with Gasteiger partial charge in [-0.15, -0.1) is 0 Å². The van der Waals surface area contributed by atoms with E-state index < -0.39 is 173 Å². The van der Waals surface area contributed by atoms with E-state index in [0.717, 1.165) is 4.57 Å². The van der Waals surface area contributed by atoms with Crippen LogP contribution >= 0.6 is 0 Å². The zero-order valence-corrected chi connectivity index (χ0v) is 25.4. The first kappa shape index (κ1) is 13.0. The van der Waals surface area contributed by atoms with Crippen molar-refractivity contribution in [3.05, 3.63) is 194 Å². The molecule has 0 aliphatic rings. The van der Waals surface area contributed by atoms with Crippen LogP contribution in [-0.2, 0) is 0 Å². The number of aromatic nitrogens is 2. The Balaban J connectivity index is 1.29. The molecule has 50 heavy (non-hydrogen) atoms. The maximum Gasteiger partial charge on any atom is 0.0651 e. The van der Waals surface area contributed by atoms with E-state index in [1.165, 1.54) is 34.9 Å². The quantitative estimate of drug-likeness (QED) is 0.174. The summed E-state index contributed by atoms with van der Waals surface area (Å²) in [6, 6.07) is -7.81. The van der Waals surface area contributed by atoms with Crippen molar-refractivity contribution in [1.82, 2.24) is 9.13 Å². The van der Waals surface area contributed by atoms with Gasteiger partial charge in [0.25, 0.3) is 0 Å². The fourth-order valence-corrected chi connectivity index (χ4v) is 6.14. The summed E-state index contributed by atoms with van der Waals surface area (Å²) >= 11 is 0. The van der Waals surface area contributed by atoms with Gasteiger partial charge in [-0.25, -0.2) is 0 Å². The van der Waals surface area contributed by atoms with Crippen LogP contribution in [0.4, 0.5) is 0 Å². The van der Waals surface area contributed by atoms with Crippen molar-refractivity contribution in [2.75, 3.05) is 0 Å². The maximum atomic E-state index is 9.58.